The monoisotopic (exact) mass is 351 g/mol. The van der Waals surface area contributed by atoms with E-state index in [9.17, 15) is 0 Å². The summed E-state index contributed by atoms with van der Waals surface area (Å²) in [5.74, 6) is 1.52. The summed E-state index contributed by atoms with van der Waals surface area (Å²) >= 11 is 3.57. The molecule has 0 bridgehead atoms. The Morgan fingerprint density at radius 2 is 2.14 bits per heavy atom. The van der Waals surface area contributed by atoms with Gasteiger partial charge < -0.3 is 10.1 Å². The molecule has 2 rings (SSSR count). The van der Waals surface area contributed by atoms with Crippen LogP contribution in [0.15, 0.2) is 35.1 Å². The van der Waals surface area contributed by atoms with Crippen molar-refractivity contribution in [3.63, 3.8) is 0 Å². The molecule has 0 radical (unpaired) electrons. The topological polar surface area (TPSA) is 39.1 Å². The fourth-order valence-electron chi connectivity index (χ4n) is 1.98. The van der Waals surface area contributed by atoms with E-state index in [4.69, 9.17) is 4.74 Å². The summed E-state index contributed by atoms with van der Waals surface area (Å²) in [5, 5.41) is 7.57. The summed E-state index contributed by atoms with van der Waals surface area (Å²) in [5.41, 5.74) is 2.31. The molecule has 0 atom stereocenters. The molecule has 114 valence electrons. The first-order valence-corrected chi connectivity index (χ1v) is 7.93. The van der Waals surface area contributed by atoms with Crippen LogP contribution in [-0.2, 0) is 20.2 Å². The average molecular weight is 352 g/mol. The van der Waals surface area contributed by atoms with Crippen molar-refractivity contribution in [3.05, 3.63) is 46.2 Å². The maximum atomic E-state index is 5.81. The van der Waals surface area contributed by atoms with Crippen LogP contribution in [0.4, 0.5) is 0 Å². The van der Waals surface area contributed by atoms with Crippen molar-refractivity contribution in [1.29, 1.82) is 0 Å². The van der Waals surface area contributed by atoms with Gasteiger partial charge in [0.05, 0.1) is 10.7 Å². The van der Waals surface area contributed by atoms with E-state index < -0.39 is 0 Å². The quantitative estimate of drug-likeness (QED) is 0.829. The largest absolute Gasteiger partial charge is 0.488 e. The lowest BCUT2D eigenvalue weighted by molar-refractivity contribution is 0.304. The first-order valence-electron chi connectivity index (χ1n) is 7.14. The molecule has 0 aliphatic rings. The van der Waals surface area contributed by atoms with Crippen LogP contribution in [0.5, 0.6) is 5.75 Å². The molecular formula is C16H22BrN3O. The summed E-state index contributed by atoms with van der Waals surface area (Å²) in [6.07, 6.45) is 3.77. The number of halogens is 1. The van der Waals surface area contributed by atoms with Crippen molar-refractivity contribution < 1.29 is 4.74 Å². The van der Waals surface area contributed by atoms with Crippen molar-refractivity contribution in [1.82, 2.24) is 15.1 Å². The van der Waals surface area contributed by atoms with Crippen LogP contribution in [0.1, 0.15) is 25.0 Å². The second kappa shape index (κ2) is 7.61. The molecule has 21 heavy (non-hydrogen) atoms. The summed E-state index contributed by atoms with van der Waals surface area (Å²) in [4.78, 5) is 0. The number of aromatic nitrogens is 2. The molecule has 0 amide bonds. The molecule has 0 aliphatic heterocycles. The van der Waals surface area contributed by atoms with Crippen molar-refractivity contribution in [2.75, 3.05) is 6.54 Å². The van der Waals surface area contributed by atoms with Gasteiger partial charge in [-0.05, 0) is 46.1 Å². The van der Waals surface area contributed by atoms with Crippen LogP contribution in [0.2, 0.25) is 0 Å². The van der Waals surface area contributed by atoms with E-state index in [2.05, 4.69) is 52.3 Å². The minimum Gasteiger partial charge on any atom is -0.488 e. The van der Waals surface area contributed by atoms with Gasteiger partial charge in [0.1, 0.15) is 12.4 Å². The number of hydrogen-bond acceptors (Lipinski definition) is 3. The summed E-state index contributed by atoms with van der Waals surface area (Å²) < 4.78 is 8.57. The van der Waals surface area contributed by atoms with Gasteiger partial charge in [-0.2, -0.15) is 5.10 Å². The lowest BCUT2D eigenvalue weighted by Crippen LogP contribution is -2.18. The lowest BCUT2D eigenvalue weighted by Gasteiger charge is -2.11. The van der Waals surface area contributed by atoms with Crippen LogP contribution < -0.4 is 10.1 Å². The zero-order chi connectivity index (χ0) is 15.2. The first-order chi connectivity index (χ1) is 10.0. The molecule has 0 spiro atoms. The standard InChI is InChI=1S/C16H22BrN3O/c1-12(2)7-18-8-13-4-5-16(15(17)6-13)21-11-14-9-19-20(3)10-14/h4-6,9-10,12,18H,7-8,11H2,1-3H3. The minimum absolute atomic E-state index is 0.525. The van der Waals surface area contributed by atoms with Gasteiger partial charge in [0.25, 0.3) is 0 Å². The highest BCUT2D eigenvalue weighted by molar-refractivity contribution is 9.10. The molecule has 0 unspecified atom stereocenters. The van der Waals surface area contributed by atoms with Gasteiger partial charge >= 0.3 is 0 Å². The Balaban J connectivity index is 1.89. The van der Waals surface area contributed by atoms with Gasteiger partial charge in [0, 0.05) is 25.4 Å². The zero-order valence-corrected chi connectivity index (χ0v) is 14.4. The third-order valence-corrected chi connectivity index (χ3v) is 3.65. The maximum absolute atomic E-state index is 5.81. The molecule has 0 fully saturated rings. The number of benzene rings is 1. The molecule has 0 saturated heterocycles. The highest BCUT2D eigenvalue weighted by Gasteiger charge is 2.04. The van der Waals surface area contributed by atoms with Crippen molar-refractivity contribution in [2.24, 2.45) is 13.0 Å². The third-order valence-electron chi connectivity index (χ3n) is 3.03. The van der Waals surface area contributed by atoms with Crippen LogP contribution in [0.3, 0.4) is 0 Å². The van der Waals surface area contributed by atoms with Gasteiger partial charge in [-0.25, -0.2) is 0 Å². The minimum atomic E-state index is 0.525. The Kier molecular flexibility index (Phi) is 5.82. The highest BCUT2D eigenvalue weighted by Crippen LogP contribution is 2.26. The van der Waals surface area contributed by atoms with Gasteiger partial charge in [-0.3, -0.25) is 4.68 Å². The molecule has 2 aromatic rings. The van der Waals surface area contributed by atoms with E-state index in [0.29, 0.717) is 12.5 Å². The SMILES string of the molecule is CC(C)CNCc1ccc(OCc2cnn(C)c2)c(Br)c1. The predicted molar refractivity (Wildman–Crippen MR) is 88.2 cm³/mol. The Morgan fingerprint density at radius 1 is 1.33 bits per heavy atom. The van der Waals surface area contributed by atoms with E-state index >= 15 is 0 Å². The van der Waals surface area contributed by atoms with Crippen LogP contribution in [-0.4, -0.2) is 16.3 Å². The van der Waals surface area contributed by atoms with E-state index in [-0.39, 0.29) is 0 Å². The van der Waals surface area contributed by atoms with Gasteiger partial charge in [-0.1, -0.05) is 19.9 Å². The fraction of sp³-hybridized carbons (Fsp3) is 0.438. The predicted octanol–water partition coefficient (Wildman–Crippen LogP) is 3.51. The van der Waals surface area contributed by atoms with Crippen molar-refractivity contribution in [3.8, 4) is 5.75 Å². The van der Waals surface area contributed by atoms with Crippen molar-refractivity contribution >= 4 is 15.9 Å². The number of rotatable bonds is 7. The molecule has 0 saturated carbocycles. The molecule has 5 heteroatoms. The Morgan fingerprint density at radius 3 is 2.76 bits per heavy atom. The van der Waals surface area contributed by atoms with Crippen LogP contribution >= 0.6 is 15.9 Å². The van der Waals surface area contributed by atoms with E-state index in [1.807, 2.05) is 25.5 Å². The summed E-state index contributed by atoms with van der Waals surface area (Å²) in [6, 6.07) is 6.20. The second-order valence-corrected chi connectivity index (χ2v) is 6.45. The van der Waals surface area contributed by atoms with Crippen LogP contribution in [0.25, 0.3) is 0 Å². The van der Waals surface area contributed by atoms with E-state index in [0.717, 1.165) is 28.9 Å². The Labute approximate surface area is 134 Å². The van der Waals surface area contributed by atoms with Crippen LogP contribution in [0, 0.1) is 5.92 Å². The van der Waals surface area contributed by atoms with E-state index in [1.54, 1.807) is 4.68 Å². The molecule has 1 heterocycles. The summed E-state index contributed by atoms with van der Waals surface area (Å²) in [6.45, 7) is 6.84. The third kappa shape index (κ3) is 5.17. The lowest BCUT2D eigenvalue weighted by atomic mass is 10.2. The van der Waals surface area contributed by atoms with Gasteiger partial charge in [-0.15, -0.1) is 0 Å². The average Bonchev–Trinajstić information content (AvgIpc) is 2.83. The highest BCUT2D eigenvalue weighted by atomic mass is 79.9. The van der Waals surface area contributed by atoms with Gasteiger partial charge in [0.15, 0.2) is 0 Å². The second-order valence-electron chi connectivity index (χ2n) is 5.60. The number of aryl methyl sites for hydroxylation is 1. The number of ether oxygens (including phenoxy) is 1. The number of nitrogens with one attached hydrogen (secondary N) is 1. The number of hydrogen-bond donors (Lipinski definition) is 1. The maximum Gasteiger partial charge on any atom is 0.134 e. The summed E-state index contributed by atoms with van der Waals surface area (Å²) in [7, 11) is 1.90. The fourth-order valence-corrected chi connectivity index (χ4v) is 2.52. The Bertz CT molecular complexity index is 581. The Hall–Kier alpha value is -1.33. The molecular weight excluding hydrogens is 330 g/mol. The smallest absolute Gasteiger partial charge is 0.134 e. The zero-order valence-electron chi connectivity index (χ0n) is 12.8. The normalized spacial score (nSPS) is 11.1. The van der Waals surface area contributed by atoms with Crippen molar-refractivity contribution in [2.45, 2.75) is 27.0 Å². The number of nitrogens with zero attached hydrogens (tertiary/aromatic N) is 2. The molecule has 1 aromatic carbocycles. The first kappa shape index (κ1) is 16.0. The van der Waals surface area contributed by atoms with Gasteiger partial charge in [0.2, 0.25) is 0 Å². The molecule has 0 aliphatic carbocycles. The molecule has 1 aromatic heterocycles. The molecule has 4 nitrogen and oxygen atoms in total. The molecule has 1 N–H and O–H groups in total. The van der Waals surface area contributed by atoms with E-state index in [1.165, 1.54) is 5.56 Å².